The zero-order chi connectivity index (χ0) is 39.3. The van der Waals surface area contributed by atoms with Crippen molar-refractivity contribution >= 4 is 38.5 Å². The molecule has 4 fully saturated rings. The number of ketones is 1. The first-order valence-corrected chi connectivity index (χ1v) is 21.1. The average Bonchev–Trinajstić information content (AvgIpc) is 3.58. The Kier molecular flexibility index (Phi) is 10.5. The molecule has 8 rings (SSSR count). The third-order valence-electron chi connectivity index (χ3n) is 12.2. The van der Waals surface area contributed by atoms with Gasteiger partial charge < -0.3 is 19.7 Å². The van der Waals surface area contributed by atoms with E-state index in [0.29, 0.717) is 61.8 Å². The molecular formula is C41H50FN9O4S. The molecule has 13 nitrogen and oxygen atoms in total. The van der Waals surface area contributed by atoms with Crippen molar-refractivity contribution < 1.29 is 22.4 Å². The van der Waals surface area contributed by atoms with Crippen LogP contribution in [-0.2, 0) is 28.1 Å². The van der Waals surface area contributed by atoms with Crippen LogP contribution < -0.4 is 10.0 Å². The number of hydrogen-bond donors (Lipinski definition) is 2. The second-order valence-electron chi connectivity index (χ2n) is 16.0. The Hall–Kier alpha value is -4.59. The highest BCUT2D eigenvalue weighted by Crippen LogP contribution is 2.37. The number of nitrogens with zero attached hydrogens (tertiary/aromatic N) is 7. The third-order valence-corrected chi connectivity index (χ3v) is 13.8. The number of anilines is 1. The lowest BCUT2D eigenvalue weighted by Crippen LogP contribution is -2.52. The molecule has 4 heterocycles. The van der Waals surface area contributed by atoms with Gasteiger partial charge in [0.2, 0.25) is 0 Å². The molecule has 5 aliphatic rings. The van der Waals surface area contributed by atoms with Crippen LogP contribution in [0.2, 0.25) is 0 Å². The van der Waals surface area contributed by atoms with Gasteiger partial charge in [-0.1, -0.05) is 12.1 Å². The minimum absolute atomic E-state index is 0.0775. The molecule has 2 aliphatic carbocycles. The number of likely N-dealkylation sites (tertiary alicyclic amines) is 2. The predicted molar refractivity (Wildman–Crippen MR) is 212 cm³/mol. The maximum Gasteiger partial charge on any atom is 0.279 e. The highest BCUT2D eigenvalue weighted by Gasteiger charge is 2.43. The molecule has 296 valence electrons. The Balaban J connectivity index is 0.946. The number of carbonyl (C=O) groups is 2. The monoisotopic (exact) mass is 783 g/mol. The number of hydrogen-bond acceptors (Lipinski definition) is 9. The molecule has 3 aliphatic heterocycles. The standard InChI is InChI=1S/C41H50FN9O4S/c1-27-28(7-12-36-33(27)22-32(23-43)51(36)20-17-47-15-18-50(19-16-47)56(54,55)45-31-9-10-31)24-48-14-13-29-25-49(26-38(29)48)37-5-4-6-39(52)40(37)44-35-11-8-30(42)21-34(35)41(53)46(2)3/h4-5,7-8,11-12,21-22,29,31,38,44-45H,6,9-10,13-20,24-26H2,1-3H3. The zero-order valence-electron chi connectivity index (χ0n) is 32.3. The maximum absolute atomic E-state index is 14.2. The Bertz CT molecular complexity index is 2270. The lowest BCUT2D eigenvalue weighted by atomic mass is 10.0. The van der Waals surface area contributed by atoms with E-state index >= 15 is 0 Å². The number of nitriles is 1. The largest absolute Gasteiger partial charge is 0.368 e. The smallest absolute Gasteiger partial charge is 0.279 e. The van der Waals surface area contributed by atoms with E-state index < -0.39 is 16.0 Å². The second-order valence-corrected chi connectivity index (χ2v) is 17.7. The van der Waals surface area contributed by atoms with E-state index in [1.165, 1.54) is 28.7 Å². The van der Waals surface area contributed by atoms with Gasteiger partial charge in [-0.2, -0.15) is 22.7 Å². The van der Waals surface area contributed by atoms with Crippen molar-refractivity contribution in [3.63, 3.8) is 0 Å². The summed E-state index contributed by atoms with van der Waals surface area (Å²) in [5.41, 5.74) is 5.82. The summed E-state index contributed by atoms with van der Waals surface area (Å²) in [6.45, 7) is 9.03. The number of nitrogens with one attached hydrogen (secondary N) is 2. The van der Waals surface area contributed by atoms with Gasteiger partial charge in [0.15, 0.2) is 5.78 Å². The molecule has 0 spiro atoms. The van der Waals surface area contributed by atoms with Gasteiger partial charge in [-0.05, 0) is 86.2 Å². The number of Topliss-reactive ketones (excluding diaryl/α,β-unsaturated/α-hetero) is 1. The number of allylic oxidation sites excluding steroid dienone is 3. The number of aryl methyl sites for hydroxylation is 1. The minimum Gasteiger partial charge on any atom is -0.368 e. The molecular weight excluding hydrogens is 734 g/mol. The SMILES string of the molecule is Cc1c(CN2CCC3CN(C4=C(Nc5ccc(F)cc5C(=O)N(C)C)C(=O)CC=C4)CC32)ccc2c1cc(C#N)n2CCN1CCN(S(=O)(=O)NC2CC2)CC1. The Labute approximate surface area is 328 Å². The summed E-state index contributed by atoms with van der Waals surface area (Å²) in [4.78, 5) is 34.8. The maximum atomic E-state index is 14.2. The zero-order valence-corrected chi connectivity index (χ0v) is 33.1. The molecule has 1 aromatic heterocycles. The van der Waals surface area contributed by atoms with E-state index in [4.69, 9.17) is 0 Å². The number of fused-ring (bicyclic) bond motifs is 2. The van der Waals surface area contributed by atoms with Crippen molar-refractivity contribution in [2.24, 2.45) is 5.92 Å². The number of benzene rings is 2. The molecule has 2 N–H and O–H groups in total. The van der Waals surface area contributed by atoms with Gasteiger partial charge in [-0.3, -0.25) is 19.4 Å². The summed E-state index contributed by atoms with van der Waals surface area (Å²) in [6, 6.07) is 13.1. The van der Waals surface area contributed by atoms with Crippen LogP contribution in [0.4, 0.5) is 10.1 Å². The van der Waals surface area contributed by atoms with Gasteiger partial charge >= 0.3 is 0 Å². The van der Waals surface area contributed by atoms with E-state index in [9.17, 15) is 27.7 Å². The van der Waals surface area contributed by atoms with Gasteiger partial charge in [0.05, 0.1) is 16.9 Å². The molecule has 2 atom stereocenters. The summed E-state index contributed by atoms with van der Waals surface area (Å²) in [5.74, 6) is -0.520. The van der Waals surface area contributed by atoms with E-state index in [1.807, 2.05) is 18.2 Å². The first kappa shape index (κ1) is 38.3. The Morgan fingerprint density at radius 3 is 2.54 bits per heavy atom. The first-order valence-electron chi connectivity index (χ1n) is 19.6. The minimum atomic E-state index is -3.43. The van der Waals surface area contributed by atoms with Crippen molar-refractivity contribution in [3.05, 3.63) is 88.1 Å². The summed E-state index contributed by atoms with van der Waals surface area (Å²) in [6.07, 6.45) is 6.98. The normalized spacial score (nSPS) is 22.3. The number of rotatable bonds is 12. The fraction of sp³-hybridized carbons (Fsp3) is 0.488. The van der Waals surface area contributed by atoms with Gasteiger partial charge in [-0.15, -0.1) is 0 Å². The van der Waals surface area contributed by atoms with Crippen LogP contribution in [0.15, 0.2) is 59.9 Å². The highest BCUT2D eigenvalue weighted by atomic mass is 32.2. The third kappa shape index (κ3) is 7.60. The fourth-order valence-electron chi connectivity index (χ4n) is 8.79. The number of carbonyl (C=O) groups excluding carboxylic acids is 2. The van der Waals surface area contributed by atoms with Gasteiger partial charge in [-0.25, -0.2) is 4.39 Å². The van der Waals surface area contributed by atoms with Gasteiger partial charge in [0, 0.05) is 102 Å². The lowest BCUT2D eigenvalue weighted by Gasteiger charge is -2.34. The molecule has 3 aromatic rings. The van der Waals surface area contributed by atoms with Crippen molar-refractivity contribution in [2.75, 3.05) is 71.8 Å². The summed E-state index contributed by atoms with van der Waals surface area (Å²) in [7, 11) is -0.203. The van der Waals surface area contributed by atoms with Gasteiger partial charge in [0.1, 0.15) is 23.3 Å². The van der Waals surface area contributed by atoms with Crippen molar-refractivity contribution in [1.82, 2.24) is 33.2 Å². The molecule has 2 unspecified atom stereocenters. The molecule has 2 aromatic carbocycles. The molecule has 1 saturated carbocycles. The van der Waals surface area contributed by atoms with Crippen LogP contribution in [0.3, 0.4) is 0 Å². The number of aromatic nitrogens is 1. The quantitative estimate of drug-likeness (QED) is 0.282. The molecule has 3 saturated heterocycles. The van der Waals surface area contributed by atoms with Crippen LogP contribution in [0.25, 0.3) is 10.9 Å². The molecule has 0 bridgehead atoms. The van der Waals surface area contributed by atoms with Crippen molar-refractivity contribution in [2.45, 2.75) is 57.8 Å². The van der Waals surface area contributed by atoms with Crippen LogP contribution in [-0.4, -0.2) is 127 Å². The topological polar surface area (TPSA) is 137 Å². The number of amides is 1. The number of piperazine rings is 1. The van der Waals surface area contributed by atoms with Crippen LogP contribution in [0.1, 0.15) is 52.9 Å². The molecule has 56 heavy (non-hydrogen) atoms. The Morgan fingerprint density at radius 1 is 1.02 bits per heavy atom. The molecule has 1 amide bonds. The first-order chi connectivity index (χ1) is 26.9. The Morgan fingerprint density at radius 2 is 1.80 bits per heavy atom. The van der Waals surface area contributed by atoms with Crippen LogP contribution >= 0.6 is 0 Å². The fourth-order valence-corrected chi connectivity index (χ4v) is 10.2. The van der Waals surface area contributed by atoms with E-state index in [1.54, 1.807) is 18.4 Å². The van der Waals surface area contributed by atoms with Crippen LogP contribution in [0.5, 0.6) is 0 Å². The summed E-state index contributed by atoms with van der Waals surface area (Å²) < 4.78 is 46.0. The van der Waals surface area contributed by atoms with Gasteiger partial charge in [0.25, 0.3) is 16.1 Å². The second kappa shape index (κ2) is 15.4. The van der Waals surface area contributed by atoms with E-state index in [-0.39, 0.29) is 29.7 Å². The lowest BCUT2D eigenvalue weighted by molar-refractivity contribution is -0.114. The predicted octanol–water partition coefficient (Wildman–Crippen LogP) is 3.64. The number of halogens is 1. The van der Waals surface area contributed by atoms with E-state index in [0.717, 1.165) is 74.1 Å². The summed E-state index contributed by atoms with van der Waals surface area (Å²) >= 11 is 0. The van der Waals surface area contributed by atoms with E-state index in [2.05, 4.69) is 54.4 Å². The van der Waals surface area contributed by atoms with Crippen molar-refractivity contribution in [3.8, 4) is 6.07 Å². The highest BCUT2D eigenvalue weighted by molar-refractivity contribution is 7.87. The van der Waals surface area contributed by atoms with Crippen LogP contribution in [0, 0.1) is 30.0 Å². The molecule has 15 heteroatoms. The summed E-state index contributed by atoms with van der Waals surface area (Å²) in [5, 5.41) is 14.4. The molecule has 0 radical (unpaired) electrons. The van der Waals surface area contributed by atoms with Crippen molar-refractivity contribution in [1.29, 1.82) is 5.26 Å². The average molecular weight is 784 g/mol.